The monoisotopic (exact) mass is 237 g/mol. The standard InChI is InChI=1S/C11H12BrN/c12-9-3-1-2-8-7(9)4-5-11(8)6-10(11)13/h1-3,10H,4-6,13H2/t10-,11-/m1/s1. The Bertz CT molecular complexity index is 374. The molecular weight excluding hydrogens is 226 g/mol. The Morgan fingerprint density at radius 2 is 2.23 bits per heavy atom. The zero-order chi connectivity index (χ0) is 9.05. The molecule has 2 heteroatoms. The maximum atomic E-state index is 6.01. The third-order valence-electron chi connectivity index (χ3n) is 3.61. The normalized spacial score (nSPS) is 35.1. The first-order valence-electron chi connectivity index (χ1n) is 4.77. The van der Waals surface area contributed by atoms with Gasteiger partial charge in [0.2, 0.25) is 0 Å². The van der Waals surface area contributed by atoms with Crippen molar-refractivity contribution in [2.45, 2.75) is 30.7 Å². The van der Waals surface area contributed by atoms with Crippen molar-refractivity contribution in [2.75, 3.05) is 0 Å². The van der Waals surface area contributed by atoms with E-state index in [9.17, 15) is 0 Å². The average molecular weight is 238 g/mol. The fourth-order valence-corrected chi connectivity index (χ4v) is 3.26. The van der Waals surface area contributed by atoms with Gasteiger partial charge in [0, 0.05) is 15.9 Å². The number of hydrogen-bond acceptors (Lipinski definition) is 1. The second kappa shape index (κ2) is 2.37. The lowest BCUT2D eigenvalue weighted by Gasteiger charge is -2.09. The summed E-state index contributed by atoms with van der Waals surface area (Å²) in [6, 6.07) is 6.93. The molecule has 1 fully saturated rings. The highest BCUT2D eigenvalue weighted by molar-refractivity contribution is 9.10. The molecule has 0 aromatic heterocycles. The summed E-state index contributed by atoms with van der Waals surface area (Å²) in [6.45, 7) is 0. The number of halogens is 1. The van der Waals surface area contributed by atoms with Gasteiger partial charge in [0.05, 0.1) is 0 Å². The fourth-order valence-electron chi connectivity index (χ4n) is 2.69. The van der Waals surface area contributed by atoms with Crippen molar-refractivity contribution >= 4 is 15.9 Å². The number of benzene rings is 1. The predicted molar refractivity (Wildman–Crippen MR) is 56.7 cm³/mol. The molecule has 1 aromatic carbocycles. The third kappa shape index (κ3) is 0.906. The zero-order valence-corrected chi connectivity index (χ0v) is 8.97. The molecule has 68 valence electrons. The summed E-state index contributed by atoms with van der Waals surface area (Å²) in [7, 11) is 0. The minimum Gasteiger partial charge on any atom is -0.327 e. The zero-order valence-electron chi connectivity index (χ0n) is 7.39. The van der Waals surface area contributed by atoms with Crippen LogP contribution in [0.3, 0.4) is 0 Å². The highest BCUT2D eigenvalue weighted by Crippen LogP contribution is 2.56. The maximum Gasteiger partial charge on any atom is 0.0210 e. The van der Waals surface area contributed by atoms with E-state index in [0.717, 1.165) is 0 Å². The molecule has 2 aliphatic rings. The molecule has 2 N–H and O–H groups in total. The van der Waals surface area contributed by atoms with E-state index in [1.165, 1.54) is 34.9 Å². The van der Waals surface area contributed by atoms with Gasteiger partial charge in [0.1, 0.15) is 0 Å². The molecule has 0 bridgehead atoms. The van der Waals surface area contributed by atoms with E-state index in [2.05, 4.69) is 34.1 Å². The van der Waals surface area contributed by atoms with E-state index in [-0.39, 0.29) is 0 Å². The third-order valence-corrected chi connectivity index (χ3v) is 4.35. The van der Waals surface area contributed by atoms with Crippen LogP contribution in [0.5, 0.6) is 0 Å². The summed E-state index contributed by atoms with van der Waals surface area (Å²) in [4.78, 5) is 0. The number of rotatable bonds is 0. The molecule has 0 unspecified atom stereocenters. The molecular formula is C11H12BrN. The summed E-state index contributed by atoms with van der Waals surface area (Å²) < 4.78 is 1.26. The van der Waals surface area contributed by atoms with Gasteiger partial charge in [-0.1, -0.05) is 28.1 Å². The minimum atomic E-state index is 0.374. The second-order valence-corrected chi connectivity index (χ2v) is 5.09. The van der Waals surface area contributed by atoms with E-state index >= 15 is 0 Å². The molecule has 13 heavy (non-hydrogen) atoms. The molecule has 0 saturated heterocycles. The Hall–Kier alpha value is -0.340. The van der Waals surface area contributed by atoms with Gasteiger partial charge in [-0.3, -0.25) is 0 Å². The molecule has 0 aliphatic heterocycles. The van der Waals surface area contributed by atoms with Crippen molar-refractivity contribution < 1.29 is 0 Å². The Kier molecular flexibility index (Phi) is 1.46. The summed E-state index contributed by atoms with van der Waals surface area (Å²) in [5.74, 6) is 0. The molecule has 0 radical (unpaired) electrons. The fraction of sp³-hybridized carbons (Fsp3) is 0.455. The number of hydrogen-bond donors (Lipinski definition) is 1. The summed E-state index contributed by atoms with van der Waals surface area (Å²) >= 11 is 3.61. The highest BCUT2D eigenvalue weighted by Gasteiger charge is 2.56. The van der Waals surface area contributed by atoms with E-state index in [0.29, 0.717) is 11.5 Å². The maximum absolute atomic E-state index is 6.01. The van der Waals surface area contributed by atoms with E-state index in [1.807, 2.05) is 0 Å². The van der Waals surface area contributed by atoms with Crippen molar-refractivity contribution in [1.82, 2.24) is 0 Å². The van der Waals surface area contributed by atoms with Crippen LogP contribution in [0.25, 0.3) is 0 Å². The summed E-state index contributed by atoms with van der Waals surface area (Å²) in [5.41, 5.74) is 9.39. The van der Waals surface area contributed by atoms with Crippen LogP contribution in [0.15, 0.2) is 22.7 Å². The van der Waals surface area contributed by atoms with Crippen LogP contribution in [0.2, 0.25) is 0 Å². The molecule has 3 rings (SSSR count). The van der Waals surface area contributed by atoms with E-state index in [1.54, 1.807) is 0 Å². The first-order chi connectivity index (χ1) is 6.24. The quantitative estimate of drug-likeness (QED) is 0.737. The molecule has 2 atom stereocenters. The van der Waals surface area contributed by atoms with Gasteiger partial charge in [0.15, 0.2) is 0 Å². The van der Waals surface area contributed by atoms with Crippen molar-refractivity contribution in [2.24, 2.45) is 5.73 Å². The lowest BCUT2D eigenvalue weighted by Crippen LogP contribution is -2.14. The summed E-state index contributed by atoms with van der Waals surface area (Å²) in [6.07, 6.45) is 3.65. The number of fused-ring (bicyclic) bond motifs is 2. The van der Waals surface area contributed by atoms with E-state index < -0.39 is 0 Å². The minimum absolute atomic E-state index is 0.374. The van der Waals surface area contributed by atoms with Crippen LogP contribution in [0.4, 0.5) is 0 Å². The van der Waals surface area contributed by atoms with Crippen LogP contribution in [0, 0.1) is 0 Å². The largest absolute Gasteiger partial charge is 0.327 e. The number of nitrogens with two attached hydrogens (primary N) is 1. The van der Waals surface area contributed by atoms with Crippen molar-refractivity contribution in [3.63, 3.8) is 0 Å². The van der Waals surface area contributed by atoms with Crippen LogP contribution in [-0.2, 0) is 11.8 Å². The van der Waals surface area contributed by atoms with Gasteiger partial charge in [0.25, 0.3) is 0 Å². The Labute approximate surface area is 86.5 Å². The van der Waals surface area contributed by atoms with Gasteiger partial charge in [-0.05, 0) is 36.5 Å². The van der Waals surface area contributed by atoms with Gasteiger partial charge >= 0.3 is 0 Å². The topological polar surface area (TPSA) is 26.0 Å². The van der Waals surface area contributed by atoms with Crippen LogP contribution in [0.1, 0.15) is 24.0 Å². The van der Waals surface area contributed by atoms with Crippen LogP contribution >= 0.6 is 15.9 Å². The molecule has 1 aromatic rings. The van der Waals surface area contributed by atoms with Gasteiger partial charge < -0.3 is 5.73 Å². The Balaban J connectivity index is 2.18. The van der Waals surface area contributed by atoms with Gasteiger partial charge in [-0.2, -0.15) is 0 Å². The van der Waals surface area contributed by atoms with Crippen LogP contribution in [-0.4, -0.2) is 6.04 Å². The van der Waals surface area contributed by atoms with Gasteiger partial charge in [-0.25, -0.2) is 0 Å². The van der Waals surface area contributed by atoms with Gasteiger partial charge in [-0.15, -0.1) is 0 Å². The smallest absolute Gasteiger partial charge is 0.0210 e. The lowest BCUT2D eigenvalue weighted by atomic mass is 9.98. The Morgan fingerprint density at radius 3 is 2.92 bits per heavy atom. The Morgan fingerprint density at radius 1 is 1.46 bits per heavy atom. The summed E-state index contributed by atoms with van der Waals surface area (Å²) in [5, 5.41) is 0. The molecule has 0 heterocycles. The molecule has 2 aliphatic carbocycles. The molecule has 1 spiro atoms. The predicted octanol–water partition coefficient (Wildman–Crippen LogP) is 2.36. The lowest BCUT2D eigenvalue weighted by molar-refractivity contribution is 0.651. The van der Waals surface area contributed by atoms with Crippen molar-refractivity contribution in [1.29, 1.82) is 0 Å². The molecule has 0 amide bonds. The van der Waals surface area contributed by atoms with Crippen LogP contribution < -0.4 is 5.73 Å². The molecule has 1 nitrogen and oxygen atoms in total. The second-order valence-electron chi connectivity index (χ2n) is 4.23. The average Bonchev–Trinajstić information content (AvgIpc) is 2.57. The molecule has 1 saturated carbocycles. The highest BCUT2D eigenvalue weighted by atomic mass is 79.9. The van der Waals surface area contributed by atoms with E-state index in [4.69, 9.17) is 5.73 Å². The SMILES string of the molecule is N[C@@H]1C[C@@]12CCc1c(Br)cccc12. The van der Waals surface area contributed by atoms with Crippen molar-refractivity contribution in [3.8, 4) is 0 Å². The first-order valence-corrected chi connectivity index (χ1v) is 5.57. The van der Waals surface area contributed by atoms with Crippen molar-refractivity contribution in [3.05, 3.63) is 33.8 Å². The first kappa shape index (κ1) is 8.01.